The Hall–Kier alpha value is -2.17. The third-order valence-electron chi connectivity index (χ3n) is 2.79. The van der Waals surface area contributed by atoms with Crippen LogP contribution >= 0.6 is 0 Å². The highest BCUT2D eigenvalue weighted by Gasteiger charge is 2.14. The van der Waals surface area contributed by atoms with Crippen LogP contribution in [0.2, 0.25) is 0 Å². The van der Waals surface area contributed by atoms with E-state index < -0.39 is 11.7 Å². The monoisotopic (exact) mass is 261 g/mol. The third-order valence-corrected chi connectivity index (χ3v) is 2.79. The van der Waals surface area contributed by atoms with Crippen LogP contribution in [0.4, 0.5) is 4.39 Å². The summed E-state index contributed by atoms with van der Waals surface area (Å²) in [4.78, 5) is 15.9. The fourth-order valence-electron chi connectivity index (χ4n) is 1.87. The number of aryl methyl sites for hydroxylation is 1. The fraction of sp³-hybridized carbons (Fsp3) is 0.286. The second-order valence-electron chi connectivity index (χ2n) is 4.62. The molecule has 0 fully saturated rings. The summed E-state index contributed by atoms with van der Waals surface area (Å²) in [6.07, 6.45) is 5.17. The van der Waals surface area contributed by atoms with Gasteiger partial charge in [0.05, 0.1) is 11.9 Å². The van der Waals surface area contributed by atoms with E-state index in [4.69, 9.17) is 0 Å². The molecule has 0 bridgehead atoms. The number of aromatic nitrogens is 2. The van der Waals surface area contributed by atoms with Gasteiger partial charge >= 0.3 is 0 Å². The smallest absolute Gasteiger partial charge is 0.254 e. The number of rotatable bonds is 4. The minimum absolute atomic E-state index is 0.0810. The van der Waals surface area contributed by atoms with E-state index in [9.17, 15) is 9.18 Å². The van der Waals surface area contributed by atoms with Crippen molar-refractivity contribution in [3.63, 3.8) is 0 Å². The molecule has 1 unspecified atom stereocenters. The number of hydrogen-bond donors (Lipinski definition) is 1. The second-order valence-corrected chi connectivity index (χ2v) is 4.62. The number of nitrogens with zero attached hydrogens (tertiary/aromatic N) is 2. The Bertz CT molecular complexity index is 566. The van der Waals surface area contributed by atoms with Gasteiger partial charge in [-0.05, 0) is 26.0 Å². The van der Waals surface area contributed by atoms with Crippen molar-refractivity contribution < 1.29 is 9.18 Å². The van der Waals surface area contributed by atoms with E-state index in [0.717, 1.165) is 5.56 Å². The van der Waals surface area contributed by atoms with Crippen LogP contribution in [0.5, 0.6) is 0 Å². The number of imidazole rings is 1. The van der Waals surface area contributed by atoms with Gasteiger partial charge in [0.1, 0.15) is 5.82 Å². The van der Waals surface area contributed by atoms with Gasteiger partial charge in [0.15, 0.2) is 0 Å². The molecule has 0 saturated heterocycles. The zero-order valence-corrected chi connectivity index (χ0v) is 10.9. The molecule has 1 aromatic heterocycles. The van der Waals surface area contributed by atoms with Gasteiger partial charge in [0.2, 0.25) is 0 Å². The largest absolute Gasteiger partial charge is 0.348 e. The van der Waals surface area contributed by atoms with E-state index in [1.807, 2.05) is 24.6 Å². The molecule has 1 N–H and O–H groups in total. The summed E-state index contributed by atoms with van der Waals surface area (Å²) in [7, 11) is 0. The Morgan fingerprint density at radius 3 is 3.00 bits per heavy atom. The number of carbonyl (C=O) groups is 1. The van der Waals surface area contributed by atoms with E-state index in [0.29, 0.717) is 6.54 Å². The highest BCUT2D eigenvalue weighted by Crippen LogP contribution is 2.10. The zero-order valence-electron chi connectivity index (χ0n) is 10.9. The Balaban J connectivity index is 2.02. The number of nitrogens with one attached hydrogen (secondary N) is 1. The summed E-state index contributed by atoms with van der Waals surface area (Å²) < 4.78 is 15.4. The standard InChI is InChI=1S/C14H16FN3O/c1-10-3-4-13(15)12(7-10)14(19)17-11(2)8-18-6-5-16-9-18/h3-7,9,11H,8H2,1-2H3,(H,17,19). The topological polar surface area (TPSA) is 46.9 Å². The maximum atomic E-state index is 13.6. The highest BCUT2D eigenvalue weighted by molar-refractivity contribution is 5.94. The molecule has 100 valence electrons. The van der Waals surface area contributed by atoms with Crippen LogP contribution in [0.25, 0.3) is 0 Å². The summed E-state index contributed by atoms with van der Waals surface area (Å²) in [5.74, 6) is -0.897. The average molecular weight is 261 g/mol. The molecule has 19 heavy (non-hydrogen) atoms. The van der Waals surface area contributed by atoms with Gasteiger partial charge in [0, 0.05) is 25.0 Å². The average Bonchev–Trinajstić information content (AvgIpc) is 2.84. The molecule has 1 amide bonds. The molecule has 2 aromatic rings. The Morgan fingerprint density at radius 1 is 1.53 bits per heavy atom. The van der Waals surface area contributed by atoms with Gasteiger partial charge in [-0.1, -0.05) is 11.6 Å². The lowest BCUT2D eigenvalue weighted by atomic mass is 10.1. The normalized spacial score (nSPS) is 12.2. The van der Waals surface area contributed by atoms with Crippen molar-refractivity contribution in [3.8, 4) is 0 Å². The van der Waals surface area contributed by atoms with Crippen molar-refractivity contribution in [1.29, 1.82) is 0 Å². The molecule has 0 spiro atoms. The number of halogens is 1. The molecule has 0 aliphatic rings. The summed E-state index contributed by atoms with van der Waals surface area (Å²) in [5.41, 5.74) is 0.936. The number of hydrogen-bond acceptors (Lipinski definition) is 2. The van der Waals surface area contributed by atoms with E-state index in [-0.39, 0.29) is 11.6 Å². The minimum atomic E-state index is -0.502. The van der Waals surface area contributed by atoms with Gasteiger partial charge in [0.25, 0.3) is 5.91 Å². The maximum Gasteiger partial charge on any atom is 0.254 e. The first-order valence-electron chi connectivity index (χ1n) is 6.09. The van der Waals surface area contributed by atoms with Crippen LogP contribution in [0.1, 0.15) is 22.8 Å². The quantitative estimate of drug-likeness (QED) is 0.916. The molecule has 5 heteroatoms. The number of benzene rings is 1. The lowest BCUT2D eigenvalue weighted by molar-refractivity contribution is 0.0932. The Labute approximate surface area is 111 Å². The van der Waals surface area contributed by atoms with E-state index in [2.05, 4.69) is 10.3 Å². The van der Waals surface area contributed by atoms with Crippen molar-refractivity contribution in [2.45, 2.75) is 26.4 Å². The van der Waals surface area contributed by atoms with Crippen LogP contribution in [0, 0.1) is 12.7 Å². The van der Waals surface area contributed by atoms with Crippen LogP contribution in [-0.2, 0) is 6.54 Å². The zero-order chi connectivity index (χ0) is 13.8. The molecule has 0 aliphatic carbocycles. The van der Waals surface area contributed by atoms with E-state index in [1.54, 1.807) is 24.7 Å². The molecular weight excluding hydrogens is 245 g/mol. The summed E-state index contributed by atoms with van der Waals surface area (Å²) in [5, 5.41) is 2.77. The molecule has 1 atom stereocenters. The molecule has 4 nitrogen and oxygen atoms in total. The molecule has 0 saturated carbocycles. The van der Waals surface area contributed by atoms with Gasteiger partial charge in [-0.3, -0.25) is 4.79 Å². The molecule has 1 heterocycles. The van der Waals surface area contributed by atoms with E-state index >= 15 is 0 Å². The Kier molecular flexibility index (Phi) is 3.94. The van der Waals surface area contributed by atoms with Crippen LogP contribution in [0.3, 0.4) is 0 Å². The van der Waals surface area contributed by atoms with Crippen molar-refractivity contribution in [1.82, 2.24) is 14.9 Å². The molecule has 0 radical (unpaired) electrons. The summed E-state index contributed by atoms with van der Waals surface area (Å²) in [6.45, 7) is 4.29. The first kappa shape index (κ1) is 13.3. The lowest BCUT2D eigenvalue weighted by Gasteiger charge is -2.15. The van der Waals surface area contributed by atoms with Crippen LogP contribution in [0.15, 0.2) is 36.9 Å². The van der Waals surface area contributed by atoms with Crippen molar-refractivity contribution in [3.05, 3.63) is 53.9 Å². The van der Waals surface area contributed by atoms with Crippen LogP contribution < -0.4 is 5.32 Å². The first-order chi connectivity index (χ1) is 9.06. The maximum absolute atomic E-state index is 13.6. The van der Waals surface area contributed by atoms with E-state index in [1.165, 1.54) is 6.07 Å². The summed E-state index contributed by atoms with van der Waals surface area (Å²) >= 11 is 0. The fourth-order valence-corrected chi connectivity index (χ4v) is 1.87. The molecule has 1 aromatic carbocycles. The molecule has 0 aliphatic heterocycles. The summed E-state index contributed by atoms with van der Waals surface area (Å²) in [6, 6.07) is 4.39. The predicted octanol–water partition coefficient (Wildman–Crippen LogP) is 2.15. The minimum Gasteiger partial charge on any atom is -0.348 e. The molecular formula is C14H16FN3O. The predicted molar refractivity (Wildman–Crippen MR) is 70.3 cm³/mol. The third kappa shape index (κ3) is 3.40. The SMILES string of the molecule is Cc1ccc(F)c(C(=O)NC(C)Cn2ccnc2)c1. The van der Waals surface area contributed by atoms with Gasteiger partial charge in [-0.2, -0.15) is 0 Å². The number of amides is 1. The van der Waals surface area contributed by atoms with Crippen molar-refractivity contribution in [2.24, 2.45) is 0 Å². The second kappa shape index (κ2) is 5.65. The van der Waals surface area contributed by atoms with Gasteiger partial charge < -0.3 is 9.88 Å². The highest BCUT2D eigenvalue weighted by atomic mass is 19.1. The van der Waals surface area contributed by atoms with Crippen molar-refractivity contribution >= 4 is 5.91 Å². The first-order valence-corrected chi connectivity index (χ1v) is 6.09. The van der Waals surface area contributed by atoms with Gasteiger partial charge in [-0.15, -0.1) is 0 Å². The number of carbonyl (C=O) groups excluding carboxylic acids is 1. The van der Waals surface area contributed by atoms with Crippen molar-refractivity contribution in [2.75, 3.05) is 0 Å². The lowest BCUT2D eigenvalue weighted by Crippen LogP contribution is -2.35. The Morgan fingerprint density at radius 2 is 2.32 bits per heavy atom. The van der Waals surface area contributed by atoms with Crippen LogP contribution in [-0.4, -0.2) is 21.5 Å². The molecule has 2 rings (SSSR count). The van der Waals surface area contributed by atoms with Gasteiger partial charge in [-0.25, -0.2) is 9.37 Å².